The van der Waals surface area contributed by atoms with Crippen LogP contribution in [0.15, 0.2) is 29.4 Å². The maximum absolute atomic E-state index is 11.1. The van der Waals surface area contributed by atoms with Crippen molar-refractivity contribution >= 4 is 17.5 Å². The number of ketones is 1. The monoisotopic (exact) mass is 272 g/mol. The van der Waals surface area contributed by atoms with Gasteiger partial charge in [-0.15, -0.1) is 10.2 Å². The van der Waals surface area contributed by atoms with Crippen LogP contribution in [0, 0.1) is 18.3 Å². The third-order valence-corrected chi connectivity index (χ3v) is 3.51. The van der Waals surface area contributed by atoms with Gasteiger partial charge in [-0.3, -0.25) is 9.36 Å². The Bertz CT molecular complexity index is 657. The summed E-state index contributed by atoms with van der Waals surface area (Å²) in [6.07, 6.45) is 0. The molecule has 0 amide bonds. The quantitative estimate of drug-likeness (QED) is 0.797. The summed E-state index contributed by atoms with van der Waals surface area (Å²) in [7, 11) is 0. The molecule has 0 spiro atoms. The SMILES string of the molecule is CC(=O)CSc1nnc(C)n1-c1cccc(C#N)c1. The highest BCUT2D eigenvalue weighted by molar-refractivity contribution is 7.99. The van der Waals surface area contributed by atoms with E-state index in [-0.39, 0.29) is 5.78 Å². The Balaban J connectivity index is 2.40. The van der Waals surface area contributed by atoms with E-state index in [2.05, 4.69) is 16.3 Å². The van der Waals surface area contributed by atoms with E-state index in [1.807, 2.05) is 23.6 Å². The van der Waals surface area contributed by atoms with Crippen LogP contribution in [0.25, 0.3) is 5.69 Å². The molecule has 0 radical (unpaired) electrons. The van der Waals surface area contributed by atoms with Crippen molar-refractivity contribution < 1.29 is 4.79 Å². The molecular weight excluding hydrogens is 260 g/mol. The van der Waals surface area contributed by atoms with E-state index in [1.54, 1.807) is 12.1 Å². The highest BCUT2D eigenvalue weighted by Crippen LogP contribution is 2.22. The molecule has 0 saturated carbocycles. The average Bonchev–Trinajstić information content (AvgIpc) is 2.77. The number of aromatic nitrogens is 3. The van der Waals surface area contributed by atoms with Crippen LogP contribution in [0.3, 0.4) is 0 Å². The van der Waals surface area contributed by atoms with Gasteiger partial charge in [-0.05, 0) is 32.0 Å². The van der Waals surface area contributed by atoms with E-state index in [0.717, 1.165) is 11.5 Å². The molecule has 2 rings (SSSR count). The summed E-state index contributed by atoms with van der Waals surface area (Å²) < 4.78 is 1.84. The summed E-state index contributed by atoms with van der Waals surface area (Å²) in [4.78, 5) is 11.1. The van der Waals surface area contributed by atoms with Gasteiger partial charge in [0.15, 0.2) is 5.16 Å². The molecule has 0 N–H and O–H groups in total. The van der Waals surface area contributed by atoms with Gasteiger partial charge in [0.05, 0.1) is 23.1 Å². The lowest BCUT2D eigenvalue weighted by molar-refractivity contribution is -0.114. The molecule has 1 aromatic heterocycles. The highest BCUT2D eigenvalue weighted by atomic mass is 32.2. The lowest BCUT2D eigenvalue weighted by Crippen LogP contribution is -2.01. The van der Waals surface area contributed by atoms with E-state index in [1.165, 1.54) is 18.7 Å². The summed E-state index contributed by atoms with van der Waals surface area (Å²) in [6.45, 7) is 3.38. The van der Waals surface area contributed by atoms with Crippen molar-refractivity contribution in [3.05, 3.63) is 35.7 Å². The van der Waals surface area contributed by atoms with E-state index in [0.29, 0.717) is 16.5 Å². The van der Waals surface area contributed by atoms with E-state index in [4.69, 9.17) is 5.26 Å². The first-order chi connectivity index (χ1) is 9.11. The van der Waals surface area contributed by atoms with E-state index < -0.39 is 0 Å². The summed E-state index contributed by atoms with van der Waals surface area (Å²) in [5, 5.41) is 17.7. The Morgan fingerprint density at radius 1 is 1.47 bits per heavy atom. The van der Waals surface area contributed by atoms with Crippen LogP contribution in [0.5, 0.6) is 0 Å². The lowest BCUT2D eigenvalue weighted by Gasteiger charge is -2.07. The Labute approximate surface area is 115 Å². The molecule has 0 aliphatic rings. The van der Waals surface area contributed by atoms with Crippen molar-refractivity contribution in [1.82, 2.24) is 14.8 Å². The molecule has 1 heterocycles. The second kappa shape index (κ2) is 5.67. The topological polar surface area (TPSA) is 71.6 Å². The summed E-state index contributed by atoms with van der Waals surface area (Å²) in [5.41, 5.74) is 1.40. The molecular formula is C13H12N4OS. The number of Topliss-reactive ketones (excluding diaryl/α,β-unsaturated/α-hetero) is 1. The highest BCUT2D eigenvalue weighted by Gasteiger charge is 2.12. The van der Waals surface area contributed by atoms with Crippen molar-refractivity contribution in [2.75, 3.05) is 5.75 Å². The Morgan fingerprint density at radius 2 is 2.26 bits per heavy atom. The Kier molecular flexibility index (Phi) is 3.97. The standard InChI is InChI=1S/C13H12N4OS/c1-9(18)8-19-13-16-15-10(2)17(13)12-5-3-4-11(6-12)7-14/h3-6H,8H2,1-2H3. The fraction of sp³-hybridized carbons (Fsp3) is 0.231. The molecule has 1 aromatic carbocycles. The predicted octanol–water partition coefficient (Wildman–Crippen LogP) is 2.13. The number of benzene rings is 1. The minimum Gasteiger partial charge on any atom is -0.299 e. The number of nitriles is 1. The first-order valence-electron chi connectivity index (χ1n) is 5.66. The van der Waals surface area contributed by atoms with Crippen LogP contribution in [0.2, 0.25) is 0 Å². The number of thioether (sulfide) groups is 1. The number of carbonyl (C=O) groups excluding carboxylic acids is 1. The second-order valence-electron chi connectivity index (χ2n) is 4.02. The van der Waals surface area contributed by atoms with Gasteiger partial charge in [-0.1, -0.05) is 17.8 Å². The lowest BCUT2D eigenvalue weighted by atomic mass is 10.2. The first kappa shape index (κ1) is 13.3. The molecule has 0 unspecified atom stereocenters. The van der Waals surface area contributed by atoms with Crippen LogP contribution >= 0.6 is 11.8 Å². The van der Waals surface area contributed by atoms with E-state index in [9.17, 15) is 4.79 Å². The number of aryl methyl sites for hydroxylation is 1. The largest absolute Gasteiger partial charge is 0.299 e. The summed E-state index contributed by atoms with van der Waals surface area (Å²) in [5.74, 6) is 1.17. The Hall–Kier alpha value is -2.13. The van der Waals surface area contributed by atoms with Crippen molar-refractivity contribution in [3.63, 3.8) is 0 Å². The third-order valence-electron chi connectivity index (χ3n) is 2.43. The maximum atomic E-state index is 11.1. The van der Waals surface area contributed by atoms with Crippen LogP contribution in [0.4, 0.5) is 0 Å². The normalized spacial score (nSPS) is 10.2. The zero-order valence-electron chi connectivity index (χ0n) is 10.6. The van der Waals surface area contributed by atoms with Gasteiger partial charge in [-0.2, -0.15) is 5.26 Å². The average molecular weight is 272 g/mol. The maximum Gasteiger partial charge on any atom is 0.196 e. The number of carbonyl (C=O) groups is 1. The van der Waals surface area contributed by atoms with Gasteiger partial charge in [-0.25, -0.2) is 0 Å². The Morgan fingerprint density at radius 3 is 2.95 bits per heavy atom. The fourth-order valence-corrected chi connectivity index (χ4v) is 2.41. The van der Waals surface area contributed by atoms with Crippen LogP contribution in [0.1, 0.15) is 18.3 Å². The number of hydrogen-bond donors (Lipinski definition) is 0. The molecule has 0 aliphatic heterocycles. The zero-order chi connectivity index (χ0) is 13.8. The van der Waals surface area contributed by atoms with Crippen LogP contribution in [-0.4, -0.2) is 26.3 Å². The van der Waals surface area contributed by atoms with Gasteiger partial charge < -0.3 is 0 Å². The van der Waals surface area contributed by atoms with Crippen molar-refractivity contribution in [3.8, 4) is 11.8 Å². The van der Waals surface area contributed by atoms with Crippen molar-refractivity contribution in [2.45, 2.75) is 19.0 Å². The molecule has 2 aromatic rings. The second-order valence-corrected chi connectivity index (χ2v) is 4.96. The minimum atomic E-state index is 0.0861. The van der Waals surface area contributed by atoms with Gasteiger partial charge in [0.1, 0.15) is 11.6 Å². The first-order valence-corrected chi connectivity index (χ1v) is 6.65. The minimum absolute atomic E-state index is 0.0861. The predicted molar refractivity (Wildman–Crippen MR) is 72.2 cm³/mol. The molecule has 96 valence electrons. The number of rotatable bonds is 4. The fourth-order valence-electron chi connectivity index (χ4n) is 1.61. The van der Waals surface area contributed by atoms with Crippen molar-refractivity contribution in [2.24, 2.45) is 0 Å². The van der Waals surface area contributed by atoms with Gasteiger partial charge in [0.2, 0.25) is 0 Å². The van der Waals surface area contributed by atoms with Gasteiger partial charge in [0.25, 0.3) is 0 Å². The van der Waals surface area contributed by atoms with Crippen LogP contribution in [-0.2, 0) is 4.79 Å². The molecule has 5 nitrogen and oxygen atoms in total. The number of nitrogens with zero attached hydrogens (tertiary/aromatic N) is 4. The molecule has 0 aliphatic carbocycles. The summed E-state index contributed by atoms with van der Waals surface area (Å²) >= 11 is 1.34. The van der Waals surface area contributed by atoms with Gasteiger partial charge >= 0.3 is 0 Å². The summed E-state index contributed by atoms with van der Waals surface area (Å²) in [6, 6.07) is 9.31. The molecule has 0 fully saturated rings. The third kappa shape index (κ3) is 3.01. The van der Waals surface area contributed by atoms with Crippen molar-refractivity contribution in [1.29, 1.82) is 5.26 Å². The number of hydrogen-bond acceptors (Lipinski definition) is 5. The van der Waals surface area contributed by atoms with E-state index >= 15 is 0 Å². The molecule has 6 heteroatoms. The zero-order valence-corrected chi connectivity index (χ0v) is 11.4. The molecule has 0 saturated heterocycles. The molecule has 19 heavy (non-hydrogen) atoms. The smallest absolute Gasteiger partial charge is 0.196 e. The molecule has 0 bridgehead atoms. The van der Waals surface area contributed by atoms with Crippen LogP contribution < -0.4 is 0 Å². The molecule has 0 atom stereocenters. The van der Waals surface area contributed by atoms with Gasteiger partial charge in [0, 0.05) is 0 Å².